The summed E-state index contributed by atoms with van der Waals surface area (Å²) in [5.41, 5.74) is 1.95. The Morgan fingerprint density at radius 1 is 1.50 bits per heavy atom. The molecule has 114 valence electrons. The third-order valence-corrected chi connectivity index (χ3v) is 4.09. The molecule has 0 radical (unpaired) electrons. The molecule has 0 aliphatic rings. The van der Waals surface area contributed by atoms with Crippen molar-refractivity contribution in [3.8, 4) is 0 Å². The number of H-pyrrole nitrogens is 1. The van der Waals surface area contributed by atoms with Crippen molar-refractivity contribution < 1.29 is 4.92 Å². The molecule has 2 N–H and O–H groups in total. The quantitative estimate of drug-likeness (QED) is 0.566. The van der Waals surface area contributed by atoms with Gasteiger partial charge in [-0.3, -0.25) is 4.79 Å². The largest absolute Gasteiger partial charge is 0.372 e. The van der Waals surface area contributed by atoms with Gasteiger partial charge in [0.05, 0.1) is 0 Å². The fourth-order valence-electron chi connectivity index (χ4n) is 2.34. The highest BCUT2D eigenvalue weighted by molar-refractivity contribution is 7.15. The average molecular weight is 319 g/mol. The number of anilines is 1. The summed E-state index contributed by atoms with van der Waals surface area (Å²) in [5, 5.41) is 15.9. The topological polar surface area (TPSA) is 105 Å². The number of hydrogen-bond acceptors (Lipinski definition) is 6. The van der Waals surface area contributed by atoms with Crippen LogP contribution in [0.1, 0.15) is 16.8 Å². The molecule has 0 aromatic carbocycles. The number of fused-ring (bicyclic) bond motifs is 1. The maximum Gasteiger partial charge on any atom is 0.372 e. The van der Waals surface area contributed by atoms with Gasteiger partial charge in [-0.2, -0.15) is 9.38 Å². The lowest BCUT2D eigenvalue weighted by Gasteiger charge is -2.07. The average Bonchev–Trinajstić information content (AvgIpc) is 2.96. The Kier molecular flexibility index (Phi) is 3.41. The zero-order chi connectivity index (χ0) is 15.9. The second kappa shape index (κ2) is 5.26. The predicted molar refractivity (Wildman–Crippen MR) is 83.6 cm³/mol. The van der Waals surface area contributed by atoms with Crippen molar-refractivity contribution in [3.05, 3.63) is 54.9 Å². The van der Waals surface area contributed by atoms with Gasteiger partial charge in [-0.15, -0.1) is 0 Å². The highest BCUT2D eigenvalue weighted by Crippen LogP contribution is 2.28. The standard InChI is InChI=1S/C13H13N5O3S/c1-7-5-8(2)15-11(19)9(7)6-14-10-12(18(20)21)17-3-4-22-13(17)16-10/h3-5,14H,6H2,1-2H3,(H,15,19). The number of nitro groups is 1. The lowest BCUT2D eigenvalue weighted by molar-refractivity contribution is -0.389. The van der Waals surface area contributed by atoms with E-state index in [1.165, 1.54) is 15.7 Å². The van der Waals surface area contributed by atoms with Crippen LogP contribution in [-0.4, -0.2) is 19.3 Å². The van der Waals surface area contributed by atoms with E-state index in [1.807, 2.05) is 13.0 Å². The molecule has 0 spiro atoms. The van der Waals surface area contributed by atoms with E-state index < -0.39 is 4.92 Å². The third kappa shape index (κ3) is 2.35. The van der Waals surface area contributed by atoms with Gasteiger partial charge in [-0.05, 0) is 30.4 Å². The predicted octanol–water partition coefficient (Wildman–Crippen LogP) is 2.22. The molecule has 0 aliphatic heterocycles. The number of aromatic amines is 1. The number of thiazole rings is 1. The van der Waals surface area contributed by atoms with Gasteiger partial charge in [0.15, 0.2) is 0 Å². The van der Waals surface area contributed by atoms with Crippen LogP contribution in [0.5, 0.6) is 0 Å². The minimum absolute atomic E-state index is 0.127. The van der Waals surface area contributed by atoms with Crippen molar-refractivity contribution in [1.82, 2.24) is 14.4 Å². The Labute approximate surface area is 128 Å². The molecule has 0 atom stereocenters. The lowest BCUT2D eigenvalue weighted by Crippen LogP contribution is -2.18. The second-order valence-corrected chi connectivity index (χ2v) is 5.77. The molecule has 0 unspecified atom stereocenters. The number of aromatic nitrogens is 3. The molecule has 0 amide bonds. The summed E-state index contributed by atoms with van der Waals surface area (Å²) in [4.78, 5) is 30.2. The van der Waals surface area contributed by atoms with Crippen molar-refractivity contribution in [2.75, 3.05) is 5.32 Å². The van der Waals surface area contributed by atoms with Crippen LogP contribution in [0.15, 0.2) is 22.4 Å². The molecule has 0 fully saturated rings. The summed E-state index contributed by atoms with van der Waals surface area (Å²) < 4.78 is 1.42. The van der Waals surface area contributed by atoms with Gasteiger partial charge < -0.3 is 20.4 Å². The summed E-state index contributed by atoms with van der Waals surface area (Å²) >= 11 is 1.31. The maximum atomic E-state index is 12.0. The molecule has 3 heterocycles. The van der Waals surface area contributed by atoms with Gasteiger partial charge in [0.2, 0.25) is 5.82 Å². The van der Waals surface area contributed by atoms with E-state index in [-0.39, 0.29) is 23.7 Å². The van der Waals surface area contributed by atoms with Crippen LogP contribution < -0.4 is 10.9 Å². The Bertz CT molecular complexity index is 924. The highest BCUT2D eigenvalue weighted by Gasteiger charge is 2.23. The van der Waals surface area contributed by atoms with E-state index >= 15 is 0 Å². The molecule has 0 bridgehead atoms. The minimum atomic E-state index is -0.485. The van der Waals surface area contributed by atoms with Crippen LogP contribution in [0.25, 0.3) is 4.96 Å². The summed E-state index contributed by atoms with van der Waals surface area (Å²) in [6.07, 6.45) is 1.60. The number of hydrogen-bond donors (Lipinski definition) is 2. The van der Waals surface area contributed by atoms with E-state index in [9.17, 15) is 14.9 Å². The monoisotopic (exact) mass is 319 g/mol. The zero-order valence-electron chi connectivity index (χ0n) is 11.9. The molecule has 9 heteroatoms. The van der Waals surface area contributed by atoms with Crippen LogP contribution >= 0.6 is 11.3 Å². The van der Waals surface area contributed by atoms with Crippen LogP contribution in [0.4, 0.5) is 11.6 Å². The van der Waals surface area contributed by atoms with E-state index in [1.54, 1.807) is 18.5 Å². The Hall–Kier alpha value is -2.68. The summed E-state index contributed by atoms with van der Waals surface area (Å²) in [7, 11) is 0. The fraction of sp³-hybridized carbons (Fsp3) is 0.231. The number of pyridine rings is 1. The highest BCUT2D eigenvalue weighted by atomic mass is 32.1. The minimum Gasteiger partial charge on any atom is -0.359 e. The summed E-state index contributed by atoms with van der Waals surface area (Å²) in [6, 6.07) is 1.86. The SMILES string of the molecule is Cc1cc(C)c(CNc2nc3sccn3c2[N+](=O)[O-])c(=O)[nH]1. The van der Waals surface area contributed by atoms with Crippen molar-refractivity contribution >= 4 is 27.9 Å². The number of aryl methyl sites for hydroxylation is 2. The van der Waals surface area contributed by atoms with Gasteiger partial charge in [0.25, 0.3) is 10.5 Å². The first-order valence-corrected chi connectivity index (χ1v) is 7.38. The van der Waals surface area contributed by atoms with Gasteiger partial charge >= 0.3 is 5.82 Å². The molecule has 0 aliphatic carbocycles. The number of rotatable bonds is 4. The fourth-order valence-corrected chi connectivity index (χ4v) is 3.05. The van der Waals surface area contributed by atoms with Gasteiger partial charge in [0.1, 0.15) is 6.20 Å². The molecular weight excluding hydrogens is 306 g/mol. The van der Waals surface area contributed by atoms with Gasteiger partial charge in [-0.1, -0.05) is 11.3 Å². The number of nitrogens with zero attached hydrogens (tertiary/aromatic N) is 3. The van der Waals surface area contributed by atoms with E-state index in [4.69, 9.17) is 0 Å². The van der Waals surface area contributed by atoms with Gasteiger partial charge in [0, 0.05) is 23.2 Å². The first kappa shape index (κ1) is 14.3. The van der Waals surface area contributed by atoms with Crippen LogP contribution in [0.2, 0.25) is 0 Å². The molecule has 8 nitrogen and oxygen atoms in total. The van der Waals surface area contributed by atoms with E-state index in [2.05, 4.69) is 15.3 Å². The normalized spacial score (nSPS) is 11.0. The number of nitrogens with one attached hydrogen (secondary N) is 2. The first-order chi connectivity index (χ1) is 10.5. The van der Waals surface area contributed by atoms with Crippen molar-refractivity contribution in [3.63, 3.8) is 0 Å². The summed E-state index contributed by atoms with van der Waals surface area (Å²) in [6.45, 7) is 3.81. The van der Waals surface area contributed by atoms with Gasteiger partial charge in [-0.25, -0.2) is 0 Å². The maximum absolute atomic E-state index is 12.0. The van der Waals surface area contributed by atoms with Crippen LogP contribution in [-0.2, 0) is 6.54 Å². The number of imidazole rings is 1. The molecule has 3 aromatic heterocycles. The third-order valence-electron chi connectivity index (χ3n) is 3.34. The van der Waals surface area contributed by atoms with Crippen molar-refractivity contribution in [2.45, 2.75) is 20.4 Å². The zero-order valence-corrected chi connectivity index (χ0v) is 12.7. The Morgan fingerprint density at radius 3 is 2.95 bits per heavy atom. The lowest BCUT2D eigenvalue weighted by atomic mass is 10.1. The smallest absolute Gasteiger partial charge is 0.359 e. The molecular formula is C13H13N5O3S. The summed E-state index contributed by atoms with van der Waals surface area (Å²) in [5.74, 6) is 0.0358. The van der Waals surface area contributed by atoms with E-state index in [0.29, 0.717) is 10.5 Å². The Balaban J connectivity index is 1.95. The second-order valence-electron chi connectivity index (χ2n) is 4.89. The first-order valence-electron chi connectivity index (χ1n) is 6.50. The molecule has 0 saturated carbocycles. The van der Waals surface area contributed by atoms with Crippen LogP contribution in [0, 0.1) is 24.0 Å². The van der Waals surface area contributed by atoms with E-state index in [0.717, 1.165) is 11.3 Å². The van der Waals surface area contributed by atoms with Crippen molar-refractivity contribution in [2.24, 2.45) is 0 Å². The van der Waals surface area contributed by atoms with Crippen LogP contribution in [0.3, 0.4) is 0 Å². The van der Waals surface area contributed by atoms with Crippen molar-refractivity contribution in [1.29, 1.82) is 0 Å². The molecule has 3 rings (SSSR count). The molecule has 3 aromatic rings. The molecule has 0 saturated heterocycles. The Morgan fingerprint density at radius 2 is 2.27 bits per heavy atom. The molecule has 22 heavy (non-hydrogen) atoms.